The van der Waals surface area contributed by atoms with Crippen LogP contribution >= 0.6 is 23.4 Å². The summed E-state index contributed by atoms with van der Waals surface area (Å²) in [5.41, 5.74) is 0.455. The summed E-state index contributed by atoms with van der Waals surface area (Å²) in [6, 6.07) is 1.54. The Kier molecular flexibility index (Phi) is 7.24. The van der Waals surface area contributed by atoms with Gasteiger partial charge in [-0.3, -0.25) is 9.78 Å². The second-order valence-electron chi connectivity index (χ2n) is 6.01. The van der Waals surface area contributed by atoms with Crippen LogP contribution in [0.5, 0.6) is 5.75 Å². The smallest absolute Gasteiger partial charge is 0.339 e. The van der Waals surface area contributed by atoms with E-state index in [1.54, 1.807) is 4.90 Å². The van der Waals surface area contributed by atoms with Gasteiger partial charge in [-0.15, -0.1) is 0 Å². The zero-order valence-corrected chi connectivity index (χ0v) is 17.4. The molecule has 0 bridgehead atoms. The van der Waals surface area contributed by atoms with Gasteiger partial charge in [0.2, 0.25) is 0 Å². The normalized spacial score (nSPS) is 16.4. The van der Waals surface area contributed by atoms with Crippen LogP contribution in [0.4, 0.5) is 0 Å². The molecule has 1 amide bonds. The third-order valence-electron chi connectivity index (χ3n) is 4.10. The number of halogens is 1. The molecule has 9 nitrogen and oxygen atoms in total. The third kappa shape index (κ3) is 5.34. The number of methoxy groups -OCH3 is 1. The fourth-order valence-electron chi connectivity index (χ4n) is 2.67. The van der Waals surface area contributed by atoms with Crippen molar-refractivity contribution in [2.45, 2.75) is 11.3 Å². The van der Waals surface area contributed by atoms with E-state index < -0.39 is 5.97 Å². The molecule has 29 heavy (non-hydrogen) atoms. The van der Waals surface area contributed by atoms with Gasteiger partial charge in [-0.2, -0.15) is 0 Å². The minimum Gasteiger partial charge on any atom is -0.489 e. The van der Waals surface area contributed by atoms with Gasteiger partial charge in [0, 0.05) is 12.7 Å². The Morgan fingerprint density at radius 3 is 2.97 bits per heavy atom. The van der Waals surface area contributed by atoms with E-state index >= 15 is 0 Å². The Labute approximate surface area is 176 Å². The monoisotopic (exact) mass is 438 g/mol. The van der Waals surface area contributed by atoms with E-state index in [0.29, 0.717) is 30.6 Å². The van der Waals surface area contributed by atoms with Crippen molar-refractivity contribution in [3.63, 3.8) is 0 Å². The van der Waals surface area contributed by atoms with Crippen molar-refractivity contribution in [3.8, 4) is 5.75 Å². The second kappa shape index (κ2) is 9.86. The molecule has 1 aliphatic rings. The van der Waals surface area contributed by atoms with Crippen LogP contribution in [0, 0.1) is 0 Å². The maximum absolute atomic E-state index is 12.8. The highest BCUT2D eigenvalue weighted by atomic mass is 35.5. The number of rotatable bonds is 6. The first kappa shape index (κ1) is 21.3. The first-order valence-electron chi connectivity index (χ1n) is 8.65. The van der Waals surface area contributed by atoms with Crippen LogP contribution in [0.1, 0.15) is 20.8 Å². The van der Waals surface area contributed by atoms with Crippen molar-refractivity contribution < 1.29 is 23.8 Å². The molecule has 1 fully saturated rings. The number of carbonyl (C=O) groups excluding carboxylic acids is 2. The average Bonchev–Trinajstić information content (AvgIpc) is 2.77. The van der Waals surface area contributed by atoms with Gasteiger partial charge in [0.15, 0.2) is 10.9 Å². The first-order chi connectivity index (χ1) is 14.0. The summed E-state index contributed by atoms with van der Waals surface area (Å²) < 4.78 is 16.0. The molecule has 1 unspecified atom stereocenters. The second-order valence-corrected chi connectivity index (χ2v) is 7.19. The molecular formula is C18H19ClN4O5S. The number of thioether (sulfide) groups is 1. The predicted octanol–water partition coefficient (Wildman–Crippen LogP) is 1.95. The molecule has 0 N–H and O–H groups in total. The fraction of sp³-hybridized carbons (Fsp3) is 0.389. The van der Waals surface area contributed by atoms with Gasteiger partial charge in [-0.1, -0.05) is 23.4 Å². The van der Waals surface area contributed by atoms with Crippen molar-refractivity contribution in [1.82, 2.24) is 19.9 Å². The summed E-state index contributed by atoms with van der Waals surface area (Å²) in [6.45, 7) is 1.28. The zero-order chi connectivity index (χ0) is 20.8. The van der Waals surface area contributed by atoms with Crippen LogP contribution in [0.15, 0.2) is 29.8 Å². The third-order valence-corrected chi connectivity index (χ3v) is 4.94. The largest absolute Gasteiger partial charge is 0.489 e. The molecular weight excluding hydrogens is 420 g/mol. The average molecular weight is 439 g/mol. The molecule has 2 aromatic rings. The molecule has 1 atom stereocenters. The number of amides is 1. The molecule has 0 aromatic carbocycles. The number of aromatic nitrogens is 3. The molecule has 2 aromatic heterocycles. The fourth-order valence-corrected chi connectivity index (χ4v) is 3.18. The standard InChI is InChI=1S/C18H19ClN4O5S/c1-26-17(25)11-5-12(7-20-6-11)28-10-13-9-23(3-4-27-13)16(24)15-14(19)8-21-18(22-15)29-2/h5-8,13H,3-4,9-10H2,1-2H3. The van der Waals surface area contributed by atoms with Gasteiger partial charge in [0.05, 0.1) is 43.2 Å². The molecule has 0 saturated carbocycles. The van der Waals surface area contributed by atoms with Crippen molar-refractivity contribution in [2.75, 3.05) is 39.7 Å². The maximum atomic E-state index is 12.8. The summed E-state index contributed by atoms with van der Waals surface area (Å²) in [5, 5.41) is 0.682. The van der Waals surface area contributed by atoms with E-state index in [4.69, 9.17) is 21.1 Å². The van der Waals surface area contributed by atoms with Gasteiger partial charge in [-0.25, -0.2) is 14.8 Å². The van der Waals surface area contributed by atoms with Crippen molar-refractivity contribution in [1.29, 1.82) is 0 Å². The quantitative estimate of drug-likeness (QED) is 0.380. The summed E-state index contributed by atoms with van der Waals surface area (Å²) >= 11 is 7.45. The topological polar surface area (TPSA) is 104 Å². The summed E-state index contributed by atoms with van der Waals surface area (Å²) in [6.07, 6.45) is 5.78. The predicted molar refractivity (Wildman–Crippen MR) is 106 cm³/mol. The van der Waals surface area contributed by atoms with E-state index in [2.05, 4.69) is 19.7 Å². The Bertz CT molecular complexity index is 900. The molecule has 3 rings (SSSR count). The molecule has 0 radical (unpaired) electrons. The van der Waals surface area contributed by atoms with Gasteiger partial charge >= 0.3 is 5.97 Å². The van der Waals surface area contributed by atoms with Crippen LogP contribution in [-0.2, 0) is 9.47 Å². The van der Waals surface area contributed by atoms with Gasteiger partial charge in [-0.05, 0) is 12.3 Å². The van der Waals surface area contributed by atoms with Crippen LogP contribution in [-0.4, -0.2) is 77.5 Å². The van der Waals surface area contributed by atoms with Crippen molar-refractivity contribution in [2.24, 2.45) is 0 Å². The van der Waals surface area contributed by atoms with Crippen molar-refractivity contribution in [3.05, 3.63) is 40.9 Å². The first-order valence-corrected chi connectivity index (χ1v) is 10.3. The summed E-state index contributed by atoms with van der Waals surface area (Å²) in [5.74, 6) is -0.376. The Morgan fingerprint density at radius 2 is 2.21 bits per heavy atom. The van der Waals surface area contributed by atoms with Crippen molar-refractivity contribution >= 4 is 35.2 Å². The number of nitrogens with zero attached hydrogens (tertiary/aromatic N) is 4. The number of hydrogen-bond acceptors (Lipinski definition) is 9. The number of pyridine rings is 1. The van der Waals surface area contributed by atoms with E-state index in [-0.39, 0.29) is 34.9 Å². The van der Waals surface area contributed by atoms with E-state index in [9.17, 15) is 9.59 Å². The molecule has 1 saturated heterocycles. The highest BCUT2D eigenvalue weighted by molar-refractivity contribution is 7.98. The number of hydrogen-bond donors (Lipinski definition) is 0. The number of carbonyl (C=O) groups is 2. The zero-order valence-electron chi connectivity index (χ0n) is 15.8. The van der Waals surface area contributed by atoms with E-state index in [1.807, 2.05) is 6.26 Å². The van der Waals surface area contributed by atoms with E-state index in [0.717, 1.165) is 0 Å². The van der Waals surface area contributed by atoms with Crippen LogP contribution in [0.25, 0.3) is 0 Å². The minimum atomic E-state index is -0.500. The van der Waals surface area contributed by atoms with Gasteiger partial charge < -0.3 is 19.1 Å². The SMILES string of the molecule is COC(=O)c1cncc(OCC2CN(C(=O)c3nc(SC)ncc3Cl)CCO2)c1. The number of morpholine rings is 1. The van der Waals surface area contributed by atoms with Crippen LogP contribution < -0.4 is 4.74 Å². The highest BCUT2D eigenvalue weighted by Crippen LogP contribution is 2.20. The van der Waals surface area contributed by atoms with Crippen LogP contribution in [0.2, 0.25) is 5.02 Å². The highest BCUT2D eigenvalue weighted by Gasteiger charge is 2.28. The molecule has 0 spiro atoms. The Balaban J connectivity index is 1.62. The lowest BCUT2D eigenvalue weighted by Gasteiger charge is -2.32. The lowest BCUT2D eigenvalue weighted by atomic mass is 10.2. The molecule has 0 aliphatic carbocycles. The molecule has 154 valence electrons. The summed E-state index contributed by atoms with van der Waals surface area (Å²) in [4.78, 5) is 38.3. The van der Waals surface area contributed by atoms with E-state index in [1.165, 1.54) is 43.5 Å². The van der Waals surface area contributed by atoms with Crippen LogP contribution in [0.3, 0.4) is 0 Å². The Hall–Kier alpha value is -2.43. The summed E-state index contributed by atoms with van der Waals surface area (Å²) in [7, 11) is 1.30. The number of ether oxygens (including phenoxy) is 3. The minimum absolute atomic E-state index is 0.169. The lowest BCUT2D eigenvalue weighted by Crippen LogP contribution is -2.48. The Morgan fingerprint density at radius 1 is 1.38 bits per heavy atom. The van der Waals surface area contributed by atoms with Gasteiger partial charge in [0.25, 0.3) is 5.91 Å². The maximum Gasteiger partial charge on any atom is 0.339 e. The lowest BCUT2D eigenvalue weighted by molar-refractivity contribution is -0.0403. The molecule has 1 aliphatic heterocycles. The molecule has 11 heteroatoms. The number of esters is 1. The molecule has 3 heterocycles. The van der Waals surface area contributed by atoms with Gasteiger partial charge in [0.1, 0.15) is 18.5 Å².